The minimum atomic E-state index is 0.495. The van der Waals surface area contributed by atoms with Crippen LogP contribution in [0.5, 0.6) is 0 Å². The van der Waals surface area contributed by atoms with Gasteiger partial charge in [0.05, 0.1) is 6.61 Å². The van der Waals surface area contributed by atoms with Crippen molar-refractivity contribution < 1.29 is 9.53 Å². The molecule has 0 heterocycles. The fraction of sp³-hybridized carbons (Fsp3) is 0.316. The maximum Gasteiger partial charge on any atom is 0.417 e. The summed E-state index contributed by atoms with van der Waals surface area (Å²) in [7, 11) is 0. The van der Waals surface area contributed by atoms with Crippen molar-refractivity contribution in [2.45, 2.75) is 32.1 Å². The SMILES string of the molecule is O=[C]OCCCCCCc1ccc(-c2ccccc2)cc1. The molecule has 0 N–H and O–H groups in total. The first-order chi connectivity index (χ1) is 10.4. The Morgan fingerprint density at radius 3 is 2.14 bits per heavy atom. The van der Waals surface area contributed by atoms with E-state index in [-0.39, 0.29) is 0 Å². The van der Waals surface area contributed by atoms with Gasteiger partial charge in [0, 0.05) is 0 Å². The third-order valence-corrected chi connectivity index (χ3v) is 3.58. The predicted octanol–water partition coefficient (Wildman–Crippen LogP) is 4.54. The highest BCUT2D eigenvalue weighted by atomic mass is 16.5. The number of benzene rings is 2. The third kappa shape index (κ3) is 5.42. The van der Waals surface area contributed by atoms with Gasteiger partial charge in [0.25, 0.3) is 0 Å². The zero-order valence-corrected chi connectivity index (χ0v) is 12.3. The average Bonchev–Trinajstić information content (AvgIpc) is 2.55. The lowest BCUT2D eigenvalue weighted by molar-refractivity contribution is 0.269. The smallest absolute Gasteiger partial charge is 0.417 e. The fourth-order valence-electron chi connectivity index (χ4n) is 2.39. The standard InChI is InChI=1S/C19H21O2/c20-16-21-15-7-2-1-4-8-17-11-13-19(14-12-17)18-9-5-3-6-10-18/h3,5-6,9-14H,1-2,4,7-8,15H2. The van der Waals surface area contributed by atoms with Crippen molar-refractivity contribution in [2.75, 3.05) is 6.61 Å². The van der Waals surface area contributed by atoms with Crippen molar-refractivity contribution in [2.24, 2.45) is 0 Å². The van der Waals surface area contributed by atoms with Crippen LogP contribution in [0.3, 0.4) is 0 Å². The van der Waals surface area contributed by atoms with Crippen LogP contribution in [0.1, 0.15) is 31.2 Å². The molecule has 0 saturated carbocycles. The van der Waals surface area contributed by atoms with Gasteiger partial charge >= 0.3 is 6.47 Å². The molecule has 2 aromatic carbocycles. The molecule has 2 rings (SSSR count). The van der Waals surface area contributed by atoms with Gasteiger partial charge in [-0.05, 0) is 36.0 Å². The summed E-state index contributed by atoms with van der Waals surface area (Å²) in [6.45, 7) is 1.95. The molecule has 0 saturated heterocycles. The monoisotopic (exact) mass is 281 g/mol. The number of hydrogen-bond acceptors (Lipinski definition) is 2. The van der Waals surface area contributed by atoms with Gasteiger partial charge in [-0.15, -0.1) is 0 Å². The Bertz CT molecular complexity index is 517. The van der Waals surface area contributed by atoms with Gasteiger partial charge in [0.1, 0.15) is 0 Å². The van der Waals surface area contributed by atoms with Crippen molar-refractivity contribution in [1.29, 1.82) is 0 Å². The molecule has 0 atom stereocenters. The molecule has 21 heavy (non-hydrogen) atoms. The summed E-state index contributed by atoms with van der Waals surface area (Å²) in [4.78, 5) is 9.86. The molecule has 2 aromatic rings. The number of unbranched alkanes of at least 4 members (excludes halogenated alkanes) is 3. The largest absolute Gasteiger partial charge is 0.457 e. The van der Waals surface area contributed by atoms with E-state index in [1.165, 1.54) is 36.0 Å². The van der Waals surface area contributed by atoms with Crippen LogP contribution in [-0.4, -0.2) is 13.1 Å². The van der Waals surface area contributed by atoms with Crippen LogP contribution >= 0.6 is 0 Å². The van der Waals surface area contributed by atoms with Gasteiger partial charge in [0.15, 0.2) is 0 Å². The van der Waals surface area contributed by atoms with E-state index in [1.54, 1.807) is 0 Å². The van der Waals surface area contributed by atoms with E-state index in [0.29, 0.717) is 6.61 Å². The topological polar surface area (TPSA) is 26.3 Å². The summed E-state index contributed by atoms with van der Waals surface area (Å²) in [5.74, 6) is 0. The van der Waals surface area contributed by atoms with E-state index < -0.39 is 0 Å². The number of aryl methyl sites for hydroxylation is 1. The molecular formula is C19H21O2. The molecule has 0 aliphatic rings. The van der Waals surface area contributed by atoms with Gasteiger partial charge in [-0.25, -0.2) is 4.79 Å². The molecule has 0 aliphatic heterocycles. The lowest BCUT2D eigenvalue weighted by Gasteiger charge is -2.05. The molecule has 109 valence electrons. The fourth-order valence-corrected chi connectivity index (χ4v) is 2.39. The second-order valence-corrected chi connectivity index (χ2v) is 5.16. The predicted molar refractivity (Wildman–Crippen MR) is 85.7 cm³/mol. The second-order valence-electron chi connectivity index (χ2n) is 5.16. The Labute approximate surface area is 126 Å². The normalized spacial score (nSPS) is 10.3. The van der Waals surface area contributed by atoms with Gasteiger partial charge in [-0.2, -0.15) is 0 Å². The minimum Gasteiger partial charge on any atom is -0.457 e. The highest BCUT2D eigenvalue weighted by Gasteiger charge is 1.98. The Hall–Kier alpha value is -2.09. The first-order valence-electron chi connectivity index (χ1n) is 7.53. The number of carbonyl (C=O) groups excluding carboxylic acids is 1. The Kier molecular flexibility index (Phi) is 6.53. The molecule has 2 nitrogen and oxygen atoms in total. The summed E-state index contributed by atoms with van der Waals surface area (Å²) in [6, 6.07) is 19.2. The van der Waals surface area contributed by atoms with Crippen LogP contribution < -0.4 is 0 Å². The number of hydrogen-bond donors (Lipinski definition) is 0. The van der Waals surface area contributed by atoms with Crippen LogP contribution in [0.2, 0.25) is 0 Å². The molecule has 0 aromatic heterocycles. The lowest BCUT2D eigenvalue weighted by atomic mass is 10.0. The Morgan fingerprint density at radius 1 is 0.762 bits per heavy atom. The molecule has 2 heteroatoms. The number of ether oxygens (including phenoxy) is 1. The highest BCUT2D eigenvalue weighted by molar-refractivity contribution is 5.63. The van der Waals surface area contributed by atoms with Gasteiger partial charge in [-0.3, -0.25) is 0 Å². The summed E-state index contributed by atoms with van der Waals surface area (Å²) < 4.78 is 4.55. The molecule has 0 amide bonds. The van der Waals surface area contributed by atoms with Crippen LogP contribution in [0.15, 0.2) is 54.6 Å². The van der Waals surface area contributed by atoms with E-state index in [2.05, 4.69) is 53.3 Å². The van der Waals surface area contributed by atoms with Crippen molar-refractivity contribution in [3.05, 3.63) is 60.2 Å². The quantitative estimate of drug-likeness (QED) is 0.631. The van der Waals surface area contributed by atoms with Crippen molar-refractivity contribution in [3.8, 4) is 11.1 Å². The molecule has 1 radical (unpaired) electrons. The maximum absolute atomic E-state index is 9.86. The van der Waals surface area contributed by atoms with Gasteiger partial charge < -0.3 is 4.74 Å². The summed E-state index contributed by atoms with van der Waals surface area (Å²) >= 11 is 0. The molecular weight excluding hydrogens is 260 g/mol. The number of rotatable bonds is 9. The summed E-state index contributed by atoms with van der Waals surface area (Å²) in [5, 5.41) is 0. The second kappa shape index (κ2) is 8.96. The van der Waals surface area contributed by atoms with Gasteiger partial charge in [0.2, 0.25) is 0 Å². The highest BCUT2D eigenvalue weighted by Crippen LogP contribution is 2.20. The minimum absolute atomic E-state index is 0.495. The molecule has 0 bridgehead atoms. The maximum atomic E-state index is 9.86. The summed E-state index contributed by atoms with van der Waals surface area (Å²) in [5.41, 5.74) is 3.91. The lowest BCUT2D eigenvalue weighted by Crippen LogP contribution is -1.92. The van der Waals surface area contributed by atoms with Crippen LogP contribution in [0, 0.1) is 0 Å². The van der Waals surface area contributed by atoms with Crippen molar-refractivity contribution >= 4 is 6.47 Å². The molecule has 0 fully saturated rings. The van der Waals surface area contributed by atoms with Crippen LogP contribution in [-0.2, 0) is 16.0 Å². The summed E-state index contributed by atoms with van der Waals surface area (Å²) in [6.07, 6.45) is 5.49. The molecule has 0 aliphatic carbocycles. The van der Waals surface area contributed by atoms with Gasteiger partial charge in [-0.1, -0.05) is 67.4 Å². The third-order valence-electron chi connectivity index (χ3n) is 3.58. The van der Waals surface area contributed by atoms with E-state index >= 15 is 0 Å². The Morgan fingerprint density at radius 2 is 1.43 bits per heavy atom. The zero-order valence-electron chi connectivity index (χ0n) is 12.3. The molecule has 0 spiro atoms. The van der Waals surface area contributed by atoms with Crippen LogP contribution in [0.4, 0.5) is 0 Å². The van der Waals surface area contributed by atoms with E-state index in [9.17, 15) is 4.79 Å². The van der Waals surface area contributed by atoms with Crippen molar-refractivity contribution in [1.82, 2.24) is 0 Å². The van der Waals surface area contributed by atoms with Crippen molar-refractivity contribution in [3.63, 3.8) is 0 Å². The molecule has 0 unspecified atom stereocenters. The first kappa shape index (κ1) is 15.3. The first-order valence-corrected chi connectivity index (χ1v) is 7.53. The Balaban J connectivity index is 1.72. The van der Waals surface area contributed by atoms with E-state index in [4.69, 9.17) is 0 Å². The van der Waals surface area contributed by atoms with Crippen LogP contribution in [0.25, 0.3) is 11.1 Å². The van der Waals surface area contributed by atoms with E-state index in [1.807, 2.05) is 6.07 Å². The van der Waals surface area contributed by atoms with E-state index in [0.717, 1.165) is 19.3 Å². The zero-order chi connectivity index (χ0) is 14.8. The average molecular weight is 281 g/mol.